The number of halogens is 1. The van der Waals surface area contributed by atoms with Crippen molar-refractivity contribution in [1.82, 2.24) is 20.2 Å². The number of thiazole rings is 1. The van der Waals surface area contributed by atoms with Gasteiger partial charge in [-0.1, -0.05) is 35.5 Å². The average Bonchev–Trinajstić information content (AvgIpc) is 3.62. The second-order valence-corrected chi connectivity index (χ2v) is 9.64. The van der Waals surface area contributed by atoms with E-state index in [4.69, 9.17) is 20.4 Å². The molecule has 0 radical (unpaired) electrons. The maximum Gasteiger partial charge on any atom is 0.239 e. The van der Waals surface area contributed by atoms with Crippen molar-refractivity contribution in [2.75, 3.05) is 5.32 Å². The lowest BCUT2D eigenvalue weighted by Gasteiger charge is -2.10. The van der Waals surface area contributed by atoms with Gasteiger partial charge in [-0.3, -0.25) is 4.79 Å². The molecule has 4 heterocycles. The number of aromatic nitrogens is 4. The van der Waals surface area contributed by atoms with Crippen molar-refractivity contribution in [3.05, 3.63) is 71.5 Å². The molecule has 1 N–H and O–H groups in total. The van der Waals surface area contributed by atoms with Gasteiger partial charge in [0.2, 0.25) is 11.1 Å². The molecular formula is C23H16ClN5O3S2. The second-order valence-electron chi connectivity index (χ2n) is 7.04. The second kappa shape index (κ2) is 9.80. The van der Waals surface area contributed by atoms with Gasteiger partial charge in [0.25, 0.3) is 0 Å². The third-order valence-electron chi connectivity index (χ3n) is 4.70. The molecule has 0 aliphatic rings. The van der Waals surface area contributed by atoms with E-state index in [2.05, 4.69) is 25.5 Å². The van der Waals surface area contributed by atoms with E-state index < -0.39 is 5.25 Å². The van der Waals surface area contributed by atoms with Crippen molar-refractivity contribution >= 4 is 45.7 Å². The number of anilines is 1. The standard InChI is InChI=1S/C23H16ClN5O3S2/c1-13(21(30)27-22-25-16(12-33-22)14-6-8-15(24)9-7-14)34-23-26-19(17-4-2-10-31-17)20(28-29-23)18-5-3-11-32-18/h2-13H,1H3,(H,25,27,30). The van der Waals surface area contributed by atoms with Gasteiger partial charge in [0, 0.05) is 16.0 Å². The van der Waals surface area contributed by atoms with E-state index in [1.807, 2.05) is 17.5 Å². The molecule has 170 valence electrons. The van der Waals surface area contributed by atoms with Crippen LogP contribution >= 0.6 is 34.7 Å². The zero-order valence-electron chi connectivity index (χ0n) is 17.6. The number of hydrogen-bond donors (Lipinski definition) is 1. The molecule has 11 heteroatoms. The van der Waals surface area contributed by atoms with Crippen molar-refractivity contribution in [1.29, 1.82) is 0 Å². The van der Waals surface area contributed by atoms with E-state index in [0.29, 0.717) is 38.2 Å². The molecule has 0 fully saturated rings. The highest BCUT2D eigenvalue weighted by Crippen LogP contribution is 2.32. The summed E-state index contributed by atoms with van der Waals surface area (Å²) in [6, 6.07) is 14.4. The van der Waals surface area contributed by atoms with Crippen LogP contribution in [-0.2, 0) is 4.79 Å². The monoisotopic (exact) mass is 509 g/mol. The number of benzene rings is 1. The Morgan fingerprint density at radius 2 is 1.71 bits per heavy atom. The van der Waals surface area contributed by atoms with Gasteiger partial charge in [-0.2, -0.15) is 0 Å². The third kappa shape index (κ3) is 4.89. The molecule has 1 atom stereocenters. The summed E-state index contributed by atoms with van der Waals surface area (Å²) < 4.78 is 11.0. The molecule has 0 saturated carbocycles. The van der Waals surface area contributed by atoms with Crippen LogP contribution in [0.25, 0.3) is 34.2 Å². The molecule has 5 aromatic rings. The minimum atomic E-state index is -0.497. The predicted molar refractivity (Wildman–Crippen MR) is 132 cm³/mol. The Balaban J connectivity index is 1.30. The average molecular weight is 510 g/mol. The Kier molecular flexibility index (Phi) is 6.43. The largest absolute Gasteiger partial charge is 0.463 e. The number of carbonyl (C=O) groups is 1. The number of nitrogens with one attached hydrogen (secondary N) is 1. The van der Waals surface area contributed by atoms with Crippen molar-refractivity contribution in [2.24, 2.45) is 0 Å². The van der Waals surface area contributed by atoms with Crippen LogP contribution in [0.2, 0.25) is 5.02 Å². The van der Waals surface area contributed by atoms with Gasteiger partial charge in [-0.15, -0.1) is 21.5 Å². The number of nitrogens with zero attached hydrogens (tertiary/aromatic N) is 4. The molecule has 0 bridgehead atoms. The SMILES string of the molecule is CC(Sc1nnc(-c2ccco2)c(-c2ccco2)n1)C(=O)Nc1nc(-c2ccc(Cl)cc2)cs1. The molecule has 34 heavy (non-hydrogen) atoms. The fraction of sp³-hybridized carbons (Fsp3) is 0.0870. The van der Waals surface area contributed by atoms with Crippen molar-refractivity contribution in [2.45, 2.75) is 17.3 Å². The number of thioether (sulfide) groups is 1. The van der Waals surface area contributed by atoms with Gasteiger partial charge < -0.3 is 14.2 Å². The molecule has 8 nitrogen and oxygen atoms in total. The van der Waals surface area contributed by atoms with Crippen molar-refractivity contribution in [3.63, 3.8) is 0 Å². The lowest BCUT2D eigenvalue weighted by atomic mass is 10.2. The first-order chi connectivity index (χ1) is 16.6. The Hall–Kier alpha value is -3.47. The van der Waals surface area contributed by atoms with Crippen LogP contribution in [0.5, 0.6) is 0 Å². The highest BCUT2D eigenvalue weighted by Gasteiger charge is 2.22. The quantitative estimate of drug-likeness (QED) is 0.255. The summed E-state index contributed by atoms with van der Waals surface area (Å²) in [7, 11) is 0. The topological polar surface area (TPSA) is 107 Å². The van der Waals surface area contributed by atoms with Gasteiger partial charge in [0.1, 0.15) is 5.69 Å². The predicted octanol–water partition coefficient (Wildman–Crippen LogP) is 6.29. The van der Waals surface area contributed by atoms with E-state index in [9.17, 15) is 4.79 Å². The molecular weight excluding hydrogens is 494 g/mol. The number of furan rings is 2. The number of carbonyl (C=O) groups excluding carboxylic acids is 1. The summed E-state index contributed by atoms with van der Waals surface area (Å²) in [5, 5.41) is 14.2. The van der Waals surface area contributed by atoms with Crippen LogP contribution in [0.1, 0.15) is 6.92 Å². The molecule has 1 aromatic carbocycles. The zero-order chi connectivity index (χ0) is 23.5. The molecule has 1 unspecified atom stereocenters. The van der Waals surface area contributed by atoms with Gasteiger partial charge in [-0.05, 0) is 43.3 Å². The molecule has 0 saturated heterocycles. The summed E-state index contributed by atoms with van der Waals surface area (Å²) in [5.41, 5.74) is 2.63. The Labute approximate surface area is 207 Å². The highest BCUT2D eigenvalue weighted by atomic mass is 35.5. The molecule has 5 rings (SSSR count). The van der Waals surface area contributed by atoms with Crippen LogP contribution in [0.15, 0.2) is 80.4 Å². The summed E-state index contributed by atoms with van der Waals surface area (Å²) in [4.78, 5) is 21.9. The minimum absolute atomic E-state index is 0.222. The van der Waals surface area contributed by atoms with Crippen LogP contribution in [-0.4, -0.2) is 31.3 Å². The number of rotatable bonds is 7. The molecule has 0 aliphatic carbocycles. The van der Waals surface area contributed by atoms with E-state index in [0.717, 1.165) is 11.3 Å². The van der Waals surface area contributed by atoms with E-state index in [1.54, 1.807) is 55.8 Å². The molecule has 1 amide bonds. The summed E-state index contributed by atoms with van der Waals surface area (Å²) >= 11 is 8.48. The van der Waals surface area contributed by atoms with E-state index in [1.165, 1.54) is 23.1 Å². The van der Waals surface area contributed by atoms with Crippen molar-refractivity contribution in [3.8, 4) is 34.2 Å². The minimum Gasteiger partial charge on any atom is -0.463 e. The summed E-state index contributed by atoms with van der Waals surface area (Å²) in [6.07, 6.45) is 3.10. The fourth-order valence-electron chi connectivity index (χ4n) is 3.03. The zero-order valence-corrected chi connectivity index (χ0v) is 20.0. The van der Waals surface area contributed by atoms with E-state index >= 15 is 0 Å². The number of hydrogen-bond acceptors (Lipinski definition) is 9. The summed E-state index contributed by atoms with van der Waals surface area (Å²) in [5.74, 6) is 0.826. The molecule has 0 aliphatic heterocycles. The molecule has 0 spiro atoms. The first-order valence-corrected chi connectivity index (χ1v) is 12.2. The fourth-order valence-corrected chi connectivity index (χ4v) is 4.59. The van der Waals surface area contributed by atoms with Gasteiger partial charge in [0.05, 0.1) is 23.5 Å². The molecule has 4 aromatic heterocycles. The number of amides is 1. The van der Waals surface area contributed by atoms with Gasteiger partial charge >= 0.3 is 0 Å². The van der Waals surface area contributed by atoms with Crippen LogP contribution in [0.4, 0.5) is 5.13 Å². The normalized spacial score (nSPS) is 11.9. The van der Waals surface area contributed by atoms with Crippen LogP contribution in [0.3, 0.4) is 0 Å². The maximum absolute atomic E-state index is 12.8. The Morgan fingerprint density at radius 3 is 2.38 bits per heavy atom. The first-order valence-electron chi connectivity index (χ1n) is 10.1. The van der Waals surface area contributed by atoms with Crippen LogP contribution < -0.4 is 5.32 Å². The third-order valence-corrected chi connectivity index (χ3v) is 6.66. The Bertz CT molecular complexity index is 1400. The lowest BCUT2D eigenvalue weighted by Crippen LogP contribution is -2.22. The first kappa shape index (κ1) is 22.3. The Morgan fingerprint density at radius 1 is 1.00 bits per heavy atom. The maximum atomic E-state index is 12.8. The highest BCUT2D eigenvalue weighted by molar-refractivity contribution is 8.00. The van der Waals surface area contributed by atoms with Gasteiger partial charge in [0.15, 0.2) is 22.3 Å². The van der Waals surface area contributed by atoms with E-state index in [-0.39, 0.29) is 5.91 Å². The van der Waals surface area contributed by atoms with Crippen LogP contribution in [0, 0.1) is 0 Å². The lowest BCUT2D eigenvalue weighted by molar-refractivity contribution is -0.115. The van der Waals surface area contributed by atoms with Gasteiger partial charge in [-0.25, -0.2) is 9.97 Å². The van der Waals surface area contributed by atoms with Crippen molar-refractivity contribution < 1.29 is 13.6 Å². The summed E-state index contributed by atoms with van der Waals surface area (Å²) in [6.45, 7) is 1.77. The smallest absolute Gasteiger partial charge is 0.239 e.